The molecule has 0 aliphatic carbocycles. The van der Waals surface area contributed by atoms with Crippen molar-refractivity contribution in [2.45, 2.75) is 6.54 Å². The van der Waals surface area contributed by atoms with E-state index < -0.39 is 5.97 Å². The van der Waals surface area contributed by atoms with Crippen LogP contribution in [0.4, 0.5) is 5.69 Å². The summed E-state index contributed by atoms with van der Waals surface area (Å²) in [6.45, 7) is 0.169. The molecule has 0 radical (unpaired) electrons. The van der Waals surface area contributed by atoms with Crippen molar-refractivity contribution in [3.8, 4) is 5.75 Å². The lowest BCUT2D eigenvalue weighted by Crippen LogP contribution is -2.39. The van der Waals surface area contributed by atoms with Gasteiger partial charge in [0, 0.05) is 10.6 Å². The minimum Gasteiger partial charge on any atom is -0.497 e. The third-order valence-corrected chi connectivity index (χ3v) is 4.01. The van der Waals surface area contributed by atoms with Crippen molar-refractivity contribution in [1.82, 2.24) is 5.32 Å². The number of thiophene rings is 1. The van der Waals surface area contributed by atoms with Crippen LogP contribution in [0, 0.1) is 0 Å². The second kappa shape index (κ2) is 8.19. The molecule has 23 heavy (non-hydrogen) atoms. The Hall–Kier alpha value is -2.54. The maximum atomic E-state index is 12.1. The smallest absolute Gasteiger partial charge is 0.323 e. The van der Waals surface area contributed by atoms with Gasteiger partial charge < -0.3 is 20.1 Å². The number of carbonyl (C=O) groups is 2. The zero-order valence-corrected chi connectivity index (χ0v) is 13.5. The van der Waals surface area contributed by atoms with E-state index in [1.807, 2.05) is 17.5 Å². The first-order valence-corrected chi connectivity index (χ1v) is 7.86. The molecule has 0 saturated carbocycles. The highest BCUT2D eigenvalue weighted by Gasteiger charge is 2.15. The molecule has 0 fully saturated rings. The van der Waals surface area contributed by atoms with Crippen molar-refractivity contribution in [2.75, 3.05) is 25.1 Å². The van der Waals surface area contributed by atoms with Crippen LogP contribution in [-0.4, -0.2) is 37.2 Å². The van der Waals surface area contributed by atoms with E-state index in [9.17, 15) is 9.59 Å². The summed E-state index contributed by atoms with van der Waals surface area (Å²) >= 11 is 1.56. The van der Waals surface area contributed by atoms with E-state index in [1.54, 1.807) is 42.7 Å². The zero-order chi connectivity index (χ0) is 16.7. The van der Waals surface area contributed by atoms with E-state index >= 15 is 0 Å². The Morgan fingerprint density at radius 1 is 1.22 bits per heavy atom. The summed E-state index contributed by atoms with van der Waals surface area (Å²) in [6, 6.07) is 10.8. The van der Waals surface area contributed by atoms with E-state index in [-0.39, 0.29) is 19.0 Å². The number of nitrogens with zero attached hydrogens (tertiary/aromatic N) is 1. The number of nitrogens with one attached hydrogen (secondary N) is 1. The van der Waals surface area contributed by atoms with E-state index in [2.05, 4.69) is 5.32 Å². The molecule has 0 aliphatic heterocycles. The Balaban J connectivity index is 1.99. The molecular formula is C16H18N2O4S. The first kappa shape index (κ1) is 16.8. The predicted molar refractivity (Wildman–Crippen MR) is 89.0 cm³/mol. The molecule has 0 bridgehead atoms. The van der Waals surface area contributed by atoms with Gasteiger partial charge in [0.25, 0.3) is 0 Å². The van der Waals surface area contributed by atoms with Gasteiger partial charge in [-0.05, 0) is 35.7 Å². The Kier molecular flexibility index (Phi) is 5.99. The first-order valence-electron chi connectivity index (χ1n) is 6.98. The highest BCUT2D eigenvalue weighted by molar-refractivity contribution is 7.09. The van der Waals surface area contributed by atoms with Gasteiger partial charge in [-0.1, -0.05) is 6.07 Å². The maximum absolute atomic E-state index is 12.1. The van der Waals surface area contributed by atoms with Crippen molar-refractivity contribution in [3.63, 3.8) is 0 Å². The molecule has 0 atom stereocenters. The third kappa shape index (κ3) is 5.30. The van der Waals surface area contributed by atoms with Crippen molar-refractivity contribution < 1.29 is 19.4 Å². The molecule has 2 rings (SSSR count). The summed E-state index contributed by atoms with van der Waals surface area (Å²) in [5.41, 5.74) is 0.652. The van der Waals surface area contributed by atoms with Gasteiger partial charge in [-0.15, -0.1) is 11.3 Å². The molecule has 122 valence electrons. The number of anilines is 1. The lowest BCUT2D eigenvalue weighted by molar-refractivity contribution is -0.135. The van der Waals surface area contributed by atoms with Crippen LogP contribution < -0.4 is 15.0 Å². The number of rotatable bonds is 8. The van der Waals surface area contributed by atoms with E-state index in [4.69, 9.17) is 9.84 Å². The summed E-state index contributed by atoms with van der Waals surface area (Å²) in [7, 11) is 1.56. The number of amides is 1. The molecule has 1 amide bonds. The molecule has 0 saturated heterocycles. The normalized spacial score (nSPS) is 10.1. The minimum atomic E-state index is -0.994. The number of carbonyl (C=O) groups excluding carboxylic acids is 1. The fourth-order valence-electron chi connectivity index (χ4n) is 2.02. The number of carboxylic acids is 1. The molecule has 0 spiro atoms. The number of methoxy groups -OCH3 is 1. The average Bonchev–Trinajstić information content (AvgIpc) is 3.05. The molecule has 6 nitrogen and oxygen atoms in total. The molecule has 7 heteroatoms. The highest BCUT2D eigenvalue weighted by Crippen LogP contribution is 2.19. The standard InChI is InChI=1S/C16H18N2O4S/c1-22-13-6-4-12(5-7-13)18(11-16(20)21)10-15(19)17-9-14-3-2-8-23-14/h2-8H,9-11H2,1H3,(H,17,19)(H,20,21). The lowest BCUT2D eigenvalue weighted by atomic mass is 10.2. The van der Waals surface area contributed by atoms with Crippen molar-refractivity contribution >= 4 is 28.9 Å². The Labute approximate surface area is 138 Å². The van der Waals surface area contributed by atoms with Crippen LogP contribution in [0.15, 0.2) is 41.8 Å². The molecular weight excluding hydrogens is 316 g/mol. The summed E-state index contributed by atoms with van der Waals surface area (Å²) < 4.78 is 5.08. The van der Waals surface area contributed by atoms with Gasteiger partial charge in [0.1, 0.15) is 12.3 Å². The number of carboxylic acid groups (broad SMARTS) is 1. The van der Waals surface area contributed by atoms with Crippen molar-refractivity contribution in [1.29, 1.82) is 0 Å². The summed E-state index contributed by atoms with van der Waals surface area (Å²) in [5.74, 6) is -0.548. The number of hydrogen-bond acceptors (Lipinski definition) is 5. The van der Waals surface area contributed by atoms with Crippen molar-refractivity contribution in [3.05, 3.63) is 46.7 Å². The first-order chi connectivity index (χ1) is 11.1. The Morgan fingerprint density at radius 3 is 2.52 bits per heavy atom. The van der Waals surface area contributed by atoms with Crippen LogP contribution in [0.2, 0.25) is 0 Å². The van der Waals surface area contributed by atoms with Crippen LogP contribution in [0.5, 0.6) is 5.75 Å². The Bertz CT molecular complexity index is 641. The van der Waals surface area contributed by atoms with Crippen molar-refractivity contribution in [2.24, 2.45) is 0 Å². The highest BCUT2D eigenvalue weighted by atomic mass is 32.1. The van der Waals surface area contributed by atoms with Gasteiger partial charge in [0.15, 0.2) is 0 Å². The second-order valence-electron chi connectivity index (χ2n) is 4.80. The quantitative estimate of drug-likeness (QED) is 0.771. The van der Waals surface area contributed by atoms with Crippen LogP contribution in [0.25, 0.3) is 0 Å². The molecule has 1 aromatic carbocycles. The monoisotopic (exact) mass is 334 g/mol. The molecule has 2 aromatic rings. The van der Waals surface area contributed by atoms with E-state index in [1.165, 1.54) is 4.90 Å². The summed E-state index contributed by atoms with van der Waals surface area (Å²) in [5, 5.41) is 13.8. The predicted octanol–water partition coefficient (Wildman–Crippen LogP) is 1.96. The second-order valence-corrected chi connectivity index (χ2v) is 5.84. The number of benzene rings is 1. The fraction of sp³-hybridized carbons (Fsp3) is 0.250. The minimum absolute atomic E-state index is 0.0238. The van der Waals surface area contributed by atoms with Gasteiger partial charge in [0.05, 0.1) is 20.2 Å². The van der Waals surface area contributed by atoms with E-state index in [0.29, 0.717) is 18.0 Å². The van der Waals surface area contributed by atoms with Crippen LogP contribution in [0.3, 0.4) is 0 Å². The Morgan fingerprint density at radius 2 is 1.96 bits per heavy atom. The van der Waals surface area contributed by atoms with Gasteiger partial charge in [-0.3, -0.25) is 9.59 Å². The average molecular weight is 334 g/mol. The van der Waals surface area contributed by atoms with Gasteiger partial charge in [0.2, 0.25) is 5.91 Å². The topological polar surface area (TPSA) is 78.9 Å². The largest absolute Gasteiger partial charge is 0.497 e. The number of ether oxygens (including phenoxy) is 1. The number of aliphatic carboxylic acids is 1. The molecule has 1 aromatic heterocycles. The third-order valence-electron chi connectivity index (χ3n) is 3.14. The van der Waals surface area contributed by atoms with Crippen LogP contribution in [0.1, 0.15) is 4.88 Å². The zero-order valence-electron chi connectivity index (χ0n) is 12.7. The summed E-state index contributed by atoms with van der Waals surface area (Å²) in [4.78, 5) is 25.7. The van der Waals surface area contributed by atoms with Gasteiger partial charge in [-0.2, -0.15) is 0 Å². The van der Waals surface area contributed by atoms with Gasteiger partial charge >= 0.3 is 5.97 Å². The maximum Gasteiger partial charge on any atom is 0.323 e. The van der Waals surface area contributed by atoms with Crippen LogP contribution >= 0.6 is 11.3 Å². The molecule has 0 aliphatic rings. The van der Waals surface area contributed by atoms with Gasteiger partial charge in [-0.25, -0.2) is 0 Å². The lowest BCUT2D eigenvalue weighted by Gasteiger charge is -2.22. The SMILES string of the molecule is COc1ccc(N(CC(=O)O)CC(=O)NCc2cccs2)cc1. The molecule has 2 N–H and O–H groups in total. The molecule has 1 heterocycles. The summed E-state index contributed by atoms with van der Waals surface area (Å²) in [6.07, 6.45) is 0. The van der Waals surface area contributed by atoms with Crippen LogP contribution in [-0.2, 0) is 16.1 Å². The fourth-order valence-corrected chi connectivity index (χ4v) is 2.67. The van der Waals surface area contributed by atoms with E-state index in [0.717, 1.165) is 4.88 Å². The number of hydrogen-bond donors (Lipinski definition) is 2. The molecule has 0 unspecified atom stereocenters.